The van der Waals surface area contributed by atoms with Gasteiger partial charge in [-0.3, -0.25) is 10.1 Å². The van der Waals surface area contributed by atoms with Crippen LogP contribution in [0.25, 0.3) is 21.6 Å². The second-order valence-corrected chi connectivity index (χ2v) is 14.1. The van der Waals surface area contributed by atoms with E-state index in [-0.39, 0.29) is 21.7 Å². The van der Waals surface area contributed by atoms with Gasteiger partial charge in [-0.05, 0) is 72.6 Å². The van der Waals surface area contributed by atoms with Gasteiger partial charge < -0.3 is 30.0 Å². The summed E-state index contributed by atoms with van der Waals surface area (Å²) in [5.74, 6) is -2.51. The van der Waals surface area contributed by atoms with Crippen molar-refractivity contribution >= 4 is 56.8 Å². The SMILES string of the molecule is CC(C)(C)OC(=O)Nc1sc(-c2c(F)cccc2F)nc1C(=O)Nc1cnc2[nH]ccc2c1N1CCC[C@H](NC(=O)OC(C)(C)C)C1. The monoisotopic (exact) mass is 669 g/mol. The fraction of sp³-hybridized carbons (Fsp3) is 0.406. The first kappa shape index (κ1) is 33.6. The quantitative estimate of drug-likeness (QED) is 0.170. The van der Waals surface area contributed by atoms with Crippen LogP contribution in [0.4, 0.5) is 34.7 Å². The second-order valence-electron chi connectivity index (χ2n) is 13.1. The van der Waals surface area contributed by atoms with E-state index < -0.39 is 46.5 Å². The molecule has 250 valence electrons. The van der Waals surface area contributed by atoms with Gasteiger partial charge in [-0.25, -0.2) is 28.3 Å². The maximum atomic E-state index is 14.7. The first-order valence-electron chi connectivity index (χ1n) is 15.0. The van der Waals surface area contributed by atoms with Gasteiger partial charge in [-0.2, -0.15) is 0 Å². The zero-order valence-corrected chi connectivity index (χ0v) is 27.7. The molecule has 3 amide bonds. The Hall–Kier alpha value is -4.79. The molecule has 5 rings (SSSR count). The maximum Gasteiger partial charge on any atom is 0.412 e. The molecule has 1 aliphatic rings. The van der Waals surface area contributed by atoms with Crippen molar-refractivity contribution < 1.29 is 32.6 Å². The van der Waals surface area contributed by atoms with Gasteiger partial charge >= 0.3 is 12.2 Å². The number of amides is 3. The van der Waals surface area contributed by atoms with E-state index in [0.717, 1.165) is 41.7 Å². The van der Waals surface area contributed by atoms with Crippen LogP contribution in [0.5, 0.6) is 0 Å². The molecule has 47 heavy (non-hydrogen) atoms. The number of nitrogens with zero attached hydrogens (tertiary/aromatic N) is 3. The maximum absolute atomic E-state index is 14.7. The number of pyridine rings is 1. The van der Waals surface area contributed by atoms with E-state index >= 15 is 0 Å². The van der Waals surface area contributed by atoms with Crippen LogP contribution < -0.4 is 20.9 Å². The van der Waals surface area contributed by atoms with E-state index in [4.69, 9.17) is 9.47 Å². The number of rotatable bonds is 6. The van der Waals surface area contributed by atoms with Gasteiger partial charge in [0.25, 0.3) is 5.91 Å². The fourth-order valence-corrected chi connectivity index (χ4v) is 6.14. The zero-order chi connectivity index (χ0) is 34.1. The largest absolute Gasteiger partial charge is 0.444 e. The smallest absolute Gasteiger partial charge is 0.412 e. The molecule has 1 fully saturated rings. The van der Waals surface area contributed by atoms with E-state index in [9.17, 15) is 23.2 Å². The molecule has 1 saturated heterocycles. The summed E-state index contributed by atoms with van der Waals surface area (Å²) in [6.45, 7) is 11.4. The Kier molecular flexibility index (Phi) is 9.39. The molecule has 0 unspecified atom stereocenters. The Morgan fingerprint density at radius 3 is 2.36 bits per heavy atom. The molecule has 1 atom stereocenters. The van der Waals surface area contributed by atoms with Crippen LogP contribution in [0.15, 0.2) is 36.7 Å². The lowest BCUT2D eigenvalue weighted by atomic mass is 10.0. The molecular formula is C32H37F2N7O5S. The number of thiazole rings is 1. The van der Waals surface area contributed by atoms with E-state index in [0.29, 0.717) is 30.1 Å². The number of alkyl carbamates (subject to hydrolysis) is 1. The van der Waals surface area contributed by atoms with Crippen LogP contribution in [0, 0.1) is 11.6 Å². The Morgan fingerprint density at radius 2 is 1.68 bits per heavy atom. The number of carbonyl (C=O) groups is 3. The van der Waals surface area contributed by atoms with Crippen molar-refractivity contribution in [1.82, 2.24) is 20.3 Å². The average molecular weight is 670 g/mol. The normalized spacial score (nSPS) is 15.3. The number of aromatic amines is 1. The highest BCUT2D eigenvalue weighted by Crippen LogP contribution is 2.38. The number of aromatic nitrogens is 3. The van der Waals surface area contributed by atoms with E-state index in [1.54, 1.807) is 47.7 Å². The lowest BCUT2D eigenvalue weighted by Gasteiger charge is -2.36. The van der Waals surface area contributed by atoms with Crippen molar-refractivity contribution in [3.63, 3.8) is 0 Å². The van der Waals surface area contributed by atoms with Crippen molar-refractivity contribution in [2.24, 2.45) is 0 Å². The van der Waals surface area contributed by atoms with Crippen molar-refractivity contribution in [3.8, 4) is 10.6 Å². The molecule has 3 aromatic heterocycles. The fourth-order valence-electron chi connectivity index (χ4n) is 5.14. The second kappa shape index (κ2) is 13.1. The van der Waals surface area contributed by atoms with Crippen LogP contribution in [-0.2, 0) is 9.47 Å². The van der Waals surface area contributed by atoms with Crippen molar-refractivity contribution in [1.29, 1.82) is 0 Å². The number of carbonyl (C=O) groups excluding carboxylic acids is 3. The van der Waals surface area contributed by atoms with Crippen molar-refractivity contribution in [2.75, 3.05) is 28.6 Å². The van der Waals surface area contributed by atoms with Gasteiger partial charge in [0, 0.05) is 30.7 Å². The molecule has 4 heterocycles. The minimum atomic E-state index is -0.876. The number of hydrogen-bond donors (Lipinski definition) is 4. The predicted octanol–water partition coefficient (Wildman–Crippen LogP) is 7.06. The van der Waals surface area contributed by atoms with Gasteiger partial charge in [0.2, 0.25) is 0 Å². The van der Waals surface area contributed by atoms with E-state index in [1.165, 1.54) is 12.3 Å². The van der Waals surface area contributed by atoms with Crippen LogP contribution in [-0.4, -0.2) is 63.4 Å². The summed E-state index contributed by atoms with van der Waals surface area (Å²) in [6, 6.07) is 4.97. The highest BCUT2D eigenvalue weighted by Gasteiger charge is 2.30. The number of ether oxygens (including phenoxy) is 2. The number of benzene rings is 1. The number of fused-ring (bicyclic) bond motifs is 1. The topological polar surface area (TPSA) is 151 Å². The Balaban J connectivity index is 1.48. The minimum absolute atomic E-state index is 0.0637. The molecule has 4 aromatic rings. The Morgan fingerprint density at radius 1 is 1.00 bits per heavy atom. The third-order valence-corrected chi connectivity index (χ3v) is 7.89. The molecule has 0 aliphatic carbocycles. The molecule has 0 saturated carbocycles. The summed E-state index contributed by atoms with van der Waals surface area (Å²) in [7, 11) is 0. The van der Waals surface area contributed by atoms with Crippen LogP contribution in [0.3, 0.4) is 0 Å². The molecule has 12 nitrogen and oxygen atoms in total. The highest BCUT2D eigenvalue weighted by molar-refractivity contribution is 7.19. The molecule has 15 heteroatoms. The van der Waals surface area contributed by atoms with Gasteiger partial charge in [-0.15, -0.1) is 0 Å². The van der Waals surface area contributed by atoms with Gasteiger partial charge in [0.15, 0.2) is 5.69 Å². The summed E-state index contributed by atoms with van der Waals surface area (Å²) < 4.78 is 40.3. The number of anilines is 3. The van der Waals surface area contributed by atoms with Gasteiger partial charge in [-0.1, -0.05) is 17.4 Å². The standard InChI is InChI=1S/C32H37F2N7O5S/c1-31(2,3)45-29(43)37-17-9-8-14-41(16-17)24-18-12-13-35-25(18)36-15-21(24)38-26(42)23-28(40-30(44)46-32(4,5)6)47-27(39-23)22-19(33)10-7-11-20(22)34/h7,10-13,15,17H,8-9,14,16H2,1-6H3,(H,35,36)(H,37,43)(H,38,42)(H,40,44)/t17-/m0/s1. The summed E-state index contributed by atoms with van der Waals surface area (Å²) in [5.41, 5.74) is -0.651. The summed E-state index contributed by atoms with van der Waals surface area (Å²) in [4.78, 5) is 53.0. The molecule has 1 aliphatic heterocycles. The number of piperidine rings is 1. The Labute approximate surface area is 274 Å². The molecule has 4 N–H and O–H groups in total. The molecule has 0 spiro atoms. The predicted molar refractivity (Wildman–Crippen MR) is 176 cm³/mol. The minimum Gasteiger partial charge on any atom is -0.444 e. The molecule has 0 bridgehead atoms. The van der Waals surface area contributed by atoms with Gasteiger partial charge in [0.05, 0.1) is 23.1 Å². The first-order chi connectivity index (χ1) is 22.1. The summed E-state index contributed by atoms with van der Waals surface area (Å²) in [6.07, 6.45) is 3.30. The van der Waals surface area contributed by atoms with Crippen LogP contribution in [0.2, 0.25) is 0 Å². The van der Waals surface area contributed by atoms with Crippen LogP contribution >= 0.6 is 11.3 Å². The van der Waals surface area contributed by atoms with E-state index in [2.05, 4.69) is 30.9 Å². The lowest BCUT2D eigenvalue weighted by Crippen LogP contribution is -2.49. The number of nitrogens with one attached hydrogen (secondary N) is 4. The van der Waals surface area contributed by atoms with Crippen LogP contribution in [0.1, 0.15) is 64.9 Å². The average Bonchev–Trinajstić information content (AvgIpc) is 3.58. The third kappa shape index (κ3) is 8.14. The Bertz CT molecular complexity index is 1790. The third-order valence-electron chi connectivity index (χ3n) is 6.90. The molecule has 1 aromatic carbocycles. The zero-order valence-electron chi connectivity index (χ0n) is 26.9. The number of hydrogen-bond acceptors (Lipinski definition) is 9. The van der Waals surface area contributed by atoms with Gasteiger partial charge in [0.1, 0.15) is 38.5 Å². The van der Waals surface area contributed by atoms with Crippen molar-refractivity contribution in [2.45, 2.75) is 71.6 Å². The lowest BCUT2D eigenvalue weighted by molar-refractivity contribution is 0.0499. The summed E-state index contributed by atoms with van der Waals surface area (Å²) >= 11 is 0.733. The molecular weight excluding hydrogens is 632 g/mol. The summed E-state index contributed by atoms with van der Waals surface area (Å²) in [5, 5.41) is 8.80. The first-order valence-corrected chi connectivity index (χ1v) is 15.9. The number of H-pyrrole nitrogens is 1. The van der Waals surface area contributed by atoms with E-state index in [1.807, 2.05) is 11.0 Å². The highest BCUT2D eigenvalue weighted by atomic mass is 32.1. The number of halogens is 2. The van der Waals surface area contributed by atoms with Crippen molar-refractivity contribution in [3.05, 3.63) is 54.0 Å². The molecule has 0 radical (unpaired) electrons.